The van der Waals surface area contributed by atoms with Gasteiger partial charge in [0.15, 0.2) is 0 Å². The van der Waals surface area contributed by atoms with Crippen LogP contribution in [0.1, 0.15) is 6.42 Å². The Kier molecular flexibility index (Phi) is 4.26. The molecular weight excluding hydrogens is 174 g/mol. The molecule has 0 aliphatic carbocycles. The number of nitrogens with two attached hydrogens (primary N) is 1. The van der Waals surface area contributed by atoms with E-state index in [1.807, 2.05) is 26.2 Å². The summed E-state index contributed by atoms with van der Waals surface area (Å²) in [6, 6.07) is 8.28. The van der Waals surface area contributed by atoms with E-state index in [0.717, 1.165) is 19.5 Å². The van der Waals surface area contributed by atoms with Crippen LogP contribution in [0, 0.1) is 0 Å². The van der Waals surface area contributed by atoms with Crippen LogP contribution in [-0.4, -0.2) is 27.2 Å². The zero-order valence-corrected chi connectivity index (χ0v) is 8.96. The summed E-state index contributed by atoms with van der Waals surface area (Å²) >= 11 is 0. The Hall–Kier alpha value is -1.22. The van der Waals surface area contributed by atoms with Crippen LogP contribution in [0.25, 0.3) is 0 Å². The molecule has 0 heterocycles. The lowest BCUT2D eigenvalue weighted by Crippen LogP contribution is -2.14. The van der Waals surface area contributed by atoms with Crippen molar-refractivity contribution < 1.29 is 0 Å². The van der Waals surface area contributed by atoms with Crippen molar-refractivity contribution in [2.45, 2.75) is 6.42 Å². The van der Waals surface area contributed by atoms with E-state index in [9.17, 15) is 0 Å². The number of nitrogens with one attached hydrogen (secondary N) is 1. The first-order valence-corrected chi connectivity index (χ1v) is 4.96. The van der Waals surface area contributed by atoms with Gasteiger partial charge in [0.25, 0.3) is 0 Å². The Balaban J connectivity index is 2.64. The highest BCUT2D eigenvalue weighted by atomic mass is 15.1. The van der Waals surface area contributed by atoms with Gasteiger partial charge >= 0.3 is 0 Å². The second-order valence-corrected chi connectivity index (χ2v) is 3.48. The van der Waals surface area contributed by atoms with Gasteiger partial charge in [-0.1, -0.05) is 12.1 Å². The van der Waals surface area contributed by atoms with Crippen molar-refractivity contribution in [3.05, 3.63) is 24.3 Å². The van der Waals surface area contributed by atoms with Gasteiger partial charge < -0.3 is 16.0 Å². The Morgan fingerprint density at radius 3 is 2.64 bits per heavy atom. The molecule has 3 nitrogen and oxygen atoms in total. The van der Waals surface area contributed by atoms with E-state index < -0.39 is 0 Å². The molecule has 0 aromatic heterocycles. The minimum Gasteiger partial charge on any atom is -0.383 e. The van der Waals surface area contributed by atoms with E-state index in [1.165, 1.54) is 11.4 Å². The van der Waals surface area contributed by atoms with E-state index in [1.54, 1.807) is 0 Å². The van der Waals surface area contributed by atoms with E-state index in [-0.39, 0.29) is 0 Å². The van der Waals surface area contributed by atoms with Crippen LogP contribution in [0.2, 0.25) is 0 Å². The van der Waals surface area contributed by atoms with E-state index in [2.05, 4.69) is 22.3 Å². The van der Waals surface area contributed by atoms with Gasteiger partial charge in [-0.3, -0.25) is 0 Å². The van der Waals surface area contributed by atoms with Crippen LogP contribution in [0.3, 0.4) is 0 Å². The molecule has 3 heteroatoms. The summed E-state index contributed by atoms with van der Waals surface area (Å²) in [4.78, 5) is 2.10. The summed E-state index contributed by atoms with van der Waals surface area (Å²) < 4.78 is 0. The third-order valence-electron chi connectivity index (χ3n) is 2.08. The molecule has 0 saturated carbocycles. The normalized spacial score (nSPS) is 9.93. The Morgan fingerprint density at radius 1 is 1.29 bits per heavy atom. The van der Waals surface area contributed by atoms with Crippen LogP contribution in [0.15, 0.2) is 24.3 Å². The molecule has 0 amide bonds. The van der Waals surface area contributed by atoms with Gasteiger partial charge in [-0.15, -0.1) is 0 Å². The fourth-order valence-electron chi connectivity index (χ4n) is 1.34. The van der Waals surface area contributed by atoms with Crippen molar-refractivity contribution >= 4 is 11.4 Å². The fraction of sp³-hybridized carbons (Fsp3) is 0.455. The second-order valence-electron chi connectivity index (χ2n) is 3.48. The number of anilines is 2. The van der Waals surface area contributed by atoms with Gasteiger partial charge in [0.05, 0.1) is 11.4 Å². The molecule has 14 heavy (non-hydrogen) atoms. The average Bonchev–Trinajstić information content (AvgIpc) is 2.19. The minimum absolute atomic E-state index is 0.733. The van der Waals surface area contributed by atoms with Gasteiger partial charge in [-0.25, -0.2) is 0 Å². The summed E-state index contributed by atoms with van der Waals surface area (Å²) in [5.41, 5.74) is 7.82. The first-order chi connectivity index (χ1) is 6.75. The molecule has 1 aromatic carbocycles. The monoisotopic (exact) mass is 193 g/mol. The highest BCUT2D eigenvalue weighted by Crippen LogP contribution is 2.22. The Labute approximate surface area is 85.9 Å². The summed E-state index contributed by atoms with van der Waals surface area (Å²) in [6.07, 6.45) is 1.00. The molecule has 78 valence electrons. The van der Waals surface area contributed by atoms with E-state index in [4.69, 9.17) is 5.73 Å². The number of hydrogen-bond donors (Lipinski definition) is 2. The predicted molar refractivity (Wildman–Crippen MR) is 62.9 cm³/mol. The largest absolute Gasteiger partial charge is 0.383 e. The number of nitrogens with zero attached hydrogens (tertiary/aromatic N) is 1. The Morgan fingerprint density at radius 2 is 2.00 bits per heavy atom. The third-order valence-corrected chi connectivity index (χ3v) is 2.08. The van der Waals surface area contributed by atoms with Crippen molar-refractivity contribution in [3.8, 4) is 0 Å². The van der Waals surface area contributed by atoms with Crippen LogP contribution in [0.5, 0.6) is 0 Å². The Bertz CT molecular complexity index is 271. The van der Waals surface area contributed by atoms with Crippen molar-refractivity contribution in [2.24, 2.45) is 5.73 Å². The summed E-state index contributed by atoms with van der Waals surface area (Å²) in [6.45, 7) is 1.67. The molecule has 0 aliphatic rings. The molecular formula is C11H19N3. The van der Waals surface area contributed by atoms with Crippen LogP contribution < -0.4 is 16.0 Å². The molecule has 0 saturated heterocycles. The standard InChI is InChI=1S/C11H19N3/c1-14(2)11-7-4-3-6-10(11)13-9-5-8-12/h3-4,6-7,13H,5,8-9,12H2,1-2H3. The minimum atomic E-state index is 0.733. The third kappa shape index (κ3) is 2.92. The quantitative estimate of drug-likeness (QED) is 0.697. The highest BCUT2D eigenvalue weighted by molar-refractivity contribution is 5.69. The fourth-order valence-corrected chi connectivity index (χ4v) is 1.34. The molecule has 1 aromatic rings. The molecule has 1 rings (SSSR count). The molecule has 0 bridgehead atoms. The SMILES string of the molecule is CN(C)c1ccccc1NCCCN. The maximum absolute atomic E-state index is 5.44. The number of benzene rings is 1. The maximum atomic E-state index is 5.44. The predicted octanol–water partition coefficient (Wildman–Crippen LogP) is 1.51. The lowest BCUT2D eigenvalue weighted by Gasteiger charge is -2.18. The molecule has 0 atom stereocenters. The van der Waals surface area contributed by atoms with Crippen LogP contribution in [-0.2, 0) is 0 Å². The van der Waals surface area contributed by atoms with Gasteiger partial charge in [0.1, 0.15) is 0 Å². The lowest BCUT2D eigenvalue weighted by molar-refractivity contribution is 0.874. The molecule has 3 N–H and O–H groups in total. The molecule has 0 fully saturated rings. The summed E-state index contributed by atoms with van der Waals surface area (Å²) in [5.74, 6) is 0. The summed E-state index contributed by atoms with van der Waals surface area (Å²) in [5, 5.41) is 3.37. The topological polar surface area (TPSA) is 41.3 Å². The van der Waals surface area contributed by atoms with Crippen molar-refractivity contribution in [1.29, 1.82) is 0 Å². The highest BCUT2D eigenvalue weighted by Gasteiger charge is 2.01. The van der Waals surface area contributed by atoms with Crippen molar-refractivity contribution in [2.75, 3.05) is 37.4 Å². The zero-order valence-electron chi connectivity index (χ0n) is 8.96. The summed E-state index contributed by atoms with van der Waals surface area (Å²) in [7, 11) is 4.09. The average molecular weight is 193 g/mol. The number of para-hydroxylation sites is 2. The van der Waals surface area contributed by atoms with Crippen molar-refractivity contribution in [3.63, 3.8) is 0 Å². The second kappa shape index (κ2) is 5.50. The first-order valence-electron chi connectivity index (χ1n) is 4.96. The molecule has 0 unspecified atom stereocenters. The maximum Gasteiger partial charge on any atom is 0.0596 e. The molecule has 0 spiro atoms. The smallest absolute Gasteiger partial charge is 0.0596 e. The van der Waals surface area contributed by atoms with Gasteiger partial charge in [0.2, 0.25) is 0 Å². The number of rotatable bonds is 5. The molecule has 0 aliphatic heterocycles. The zero-order chi connectivity index (χ0) is 10.4. The number of hydrogen-bond acceptors (Lipinski definition) is 3. The van der Waals surface area contributed by atoms with Crippen LogP contribution in [0.4, 0.5) is 11.4 Å². The lowest BCUT2D eigenvalue weighted by atomic mass is 10.2. The van der Waals surface area contributed by atoms with Crippen LogP contribution >= 0.6 is 0 Å². The first kappa shape index (κ1) is 10.9. The van der Waals surface area contributed by atoms with Gasteiger partial charge in [-0.2, -0.15) is 0 Å². The van der Waals surface area contributed by atoms with E-state index in [0.29, 0.717) is 0 Å². The van der Waals surface area contributed by atoms with Gasteiger partial charge in [0, 0.05) is 20.6 Å². The van der Waals surface area contributed by atoms with Crippen molar-refractivity contribution in [1.82, 2.24) is 0 Å². The van der Waals surface area contributed by atoms with E-state index >= 15 is 0 Å². The van der Waals surface area contributed by atoms with Gasteiger partial charge in [-0.05, 0) is 25.1 Å². The molecule has 0 radical (unpaired) electrons.